The number of carbonyl (C=O) groups is 1. The van der Waals surface area contributed by atoms with Crippen molar-refractivity contribution < 1.29 is 14.6 Å². The van der Waals surface area contributed by atoms with E-state index in [2.05, 4.69) is 11.0 Å². The summed E-state index contributed by atoms with van der Waals surface area (Å²) in [6.45, 7) is 2.58. The number of aliphatic carboxylic acids is 1. The van der Waals surface area contributed by atoms with Crippen LogP contribution in [-0.4, -0.2) is 42.3 Å². The molecule has 0 radical (unpaired) electrons. The van der Waals surface area contributed by atoms with Gasteiger partial charge in [0, 0.05) is 32.3 Å². The fourth-order valence-corrected chi connectivity index (χ4v) is 2.24. The molecular formula is C16H21NO3. The summed E-state index contributed by atoms with van der Waals surface area (Å²) in [6, 6.07) is 8.70. The van der Waals surface area contributed by atoms with Crippen LogP contribution in [0.2, 0.25) is 0 Å². The number of rotatable bonds is 8. The number of carboxylic acids is 1. The van der Waals surface area contributed by atoms with Crippen molar-refractivity contribution in [2.24, 2.45) is 0 Å². The van der Waals surface area contributed by atoms with E-state index in [1.165, 1.54) is 24.5 Å². The van der Waals surface area contributed by atoms with Gasteiger partial charge in [-0.2, -0.15) is 0 Å². The number of hydrogen-bond donors (Lipinski definition) is 1. The van der Waals surface area contributed by atoms with E-state index < -0.39 is 5.97 Å². The van der Waals surface area contributed by atoms with E-state index in [9.17, 15) is 4.79 Å². The highest BCUT2D eigenvalue weighted by Crippen LogP contribution is 2.28. The van der Waals surface area contributed by atoms with Gasteiger partial charge in [0.05, 0.1) is 6.61 Å². The highest BCUT2D eigenvalue weighted by molar-refractivity contribution is 5.85. The van der Waals surface area contributed by atoms with Crippen LogP contribution >= 0.6 is 0 Å². The van der Waals surface area contributed by atoms with Crippen molar-refractivity contribution in [3.63, 3.8) is 0 Å². The SMILES string of the molecule is COCCN(Cc1cccc(C=CC(=O)O)c1)C1CC1. The van der Waals surface area contributed by atoms with E-state index in [4.69, 9.17) is 9.84 Å². The lowest BCUT2D eigenvalue weighted by atomic mass is 10.1. The number of benzene rings is 1. The fourth-order valence-electron chi connectivity index (χ4n) is 2.24. The van der Waals surface area contributed by atoms with E-state index >= 15 is 0 Å². The van der Waals surface area contributed by atoms with Gasteiger partial charge in [0.25, 0.3) is 0 Å². The molecule has 1 saturated carbocycles. The topological polar surface area (TPSA) is 49.8 Å². The number of carboxylic acid groups (broad SMARTS) is 1. The van der Waals surface area contributed by atoms with Crippen molar-refractivity contribution in [2.75, 3.05) is 20.3 Å². The standard InChI is InChI=1S/C16H21NO3/c1-20-10-9-17(15-6-7-15)12-14-4-2-3-13(11-14)5-8-16(18)19/h2-5,8,11,15H,6-7,9-10,12H2,1H3,(H,18,19). The zero-order valence-electron chi connectivity index (χ0n) is 11.8. The Labute approximate surface area is 119 Å². The Balaban J connectivity index is 2.00. The van der Waals surface area contributed by atoms with Crippen LogP contribution in [0.1, 0.15) is 24.0 Å². The zero-order valence-corrected chi connectivity index (χ0v) is 11.8. The van der Waals surface area contributed by atoms with E-state index in [0.717, 1.165) is 25.3 Å². The summed E-state index contributed by atoms with van der Waals surface area (Å²) < 4.78 is 5.16. The summed E-state index contributed by atoms with van der Waals surface area (Å²) >= 11 is 0. The molecule has 1 fully saturated rings. The Morgan fingerprint density at radius 2 is 2.30 bits per heavy atom. The molecule has 1 aromatic rings. The lowest BCUT2D eigenvalue weighted by molar-refractivity contribution is -0.131. The van der Waals surface area contributed by atoms with Crippen molar-refractivity contribution in [1.82, 2.24) is 4.90 Å². The van der Waals surface area contributed by atoms with E-state index in [1.54, 1.807) is 13.2 Å². The highest BCUT2D eigenvalue weighted by atomic mass is 16.5. The molecular weight excluding hydrogens is 254 g/mol. The molecule has 20 heavy (non-hydrogen) atoms. The van der Waals surface area contributed by atoms with Gasteiger partial charge in [0.1, 0.15) is 0 Å². The third-order valence-electron chi connectivity index (χ3n) is 3.40. The normalized spacial score (nSPS) is 15.1. The third kappa shape index (κ3) is 4.79. The van der Waals surface area contributed by atoms with Gasteiger partial charge in [0.2, 0.25) is 0 Å². The maximum Gasteiger partial charge on any atom is 0.328 e. The predicted molar refractivity (Wildman–Crippen MR) is 78.4 cm³/mol. The number of nitrogens with zero attached hydrogens (tertiary/aromatic N) is 1. The molecule has 108 valence electrons. The van der Waals surface area contributed by atoms with Crippen LogP contribution in [-0.2, 0) is 16.1 Å². The second-order valence-electron chi connectivity index (χ2n) is 5.11. The van der Waals surface area contributed by atoms with Gasteiger partial charge >= 0.3 is 5.97 Å². The zero-order chi connectivity index (χ0) is 14.4. The maximum absolute atomic E-state index is 10.5. The minimum Gasteiger partial charge on any atom is -0.478 e. The summed E-state index contributed by atoms with van der Waals surface area (Å²) in [4.78, 5) is 13.0. The molecule has 0 unspecified atom stereocenters. The second-order valence-corrected chi connectivity index (χ2v) is 5.11. The first-order valence-electron chi connectivity index (χ1n) is 6.92. The molecule has 2 rings (SSSR count). The van der Waals surface area contributed by atoms with Gasteiger partial charge < -0.3 is 9.84 Å². The summed E-state index contributed by atoms with van der Waals surface area (Å²) in [5.41, 5.74) is 2.13. The largest absolute Gasteiger partial charge is 0.478 e. The Bertz CT molecular complexity index is 480. The van der Waals surface area contributed by atoms with Crippen molar-refractivity contribution in [3.05, 3.63) is 41.5 Å². The molecule has 4 heteroatoms. The Hall–Kier alpha value is -1.65. The predicted octanol–water partition coefficient (Wildman–Crippen LogP) is 2.40. The van der Waals surface area contributed by atoms with Gasteiger partial charge in [0.15, 0.2) is 0 Å². The molecule has 0 saturated heterocycles. The highest BCUT2D eigenvalue weighted by Gasteiger charge is 2.28. The molecule has 1 aromatic carbocycles. The van der Waals surface area contributed by atoms with Gasteiger partial charge in [-0.05, 0) is 30.0 Å². The van der Waals surface area contributed by atoms with E-state index in [0.29, 0.717) is 6.04 Å². The molecule has 1 aliphatic rings. The van der Waals surface area contributed by atoms with Crippen molar-refractivity contribution >= 4 is 12.0 Å². The van der Waals surface area contributed by atoms with Gasteiger partial charge in [-0.1, -0.05) is 24.3 Å². The molecule has 0 heterocycles. The first-order valence-corrected chi connectivity index (χ1v) is 6.92. The van der Waals surface area contributed by atoms with E-state index in [-0.39, 0.29) is 0 Å². The molecule has 4 nitrogen and oxygen atoms in total. The molecule has 1 aliphatic carbocycles. The Morgan fingerprint density at radius 3 is 2.95 bits per heavy atom. The summed E-state index contributed by atoms with van der Waals surface area (Å²) in [5, 5.41) is 8.66. The Kier molecular flexibility index (Phi) is 5.32. The minimum absolute atomic E-state index is 0.684. The van der Waals surface area contributed by atoms with Crippen molar-refractivity contribution in [1.29, 1.82) is 0 Å². The fraction of sp³-hybridized carbons (Fsp3) is 0.438. The molecule has 0 amide bonds. The van der Waals surface area contributed by atoms with Crippen LogP contribution < -0.4 is 0 Å². The quantitative estimate of drug-likeness (QED) is 0.740. The monoisotopic (exact) mass is 275 g/mol. The summed E-state index contributed by atoms with van der Waals surface area (Å²) in [5.74, 6) is -0.921. The minimum atomic E-state index is -0.921. The maximum atomic E-state index is 10.5. The molecule has 1 N–H and O–H groups in total. The molecule has 0 aliphatic heterocycles. The van der Waals surface area contributed by atoms with Crippen LogP contribution in [0, 0.1) is 0 Å². The number of ether oxygens (including phenoxy) is 1. The summed E-state index contributed by atoms with van der Waals surface area (Å²) in [7, 11) is 1.72. The second kappa shape index (κ2) is 7.22. The molecule has 0 atom stereocenters. The average molecular weight is 275 g/mol. The molecule has 0 bridgehead atoms. The molecule has 0 spiro atoms. The smallest absolute Gasteiger partial charge is 0.328 e. The van der Waals surface area contributed by atoms with Crippen LogP contribution in [0.25, 0.3) is 6.08 Å². The van der Waals surface area contributed by atoms with Crippen LogP contribution in [0.3, 0.4) is 0 Å². The Morgan fingerprint density at radius 1 is 1.50 bits per heavy atom. The lowest BCUT2D eigenvalue weighted by Crippen LogP contribution is -2.29. The van der Waals surface area contributed by atoms with E-state index in [1.807, 2.05) is 18.2 Å². The average Bonchev–Trinajstić information content (AvgIpc) is 3.26. The van der Waals surface area contributed by atoms with Crippen molar-refractivity contribution in [3.8, 4) is 0 Å². The molecule has 0 aromatic heterocycles. The number of hydrogen-bond acceptors (Lipinski definition) is 3. The summed E-state index contributed by atoms with van der Waals surface area (Å²) in [6.07, 6.45) is 5.33. The lowest BCUT2D eigenvalue weighted by Gasteiger charge is -2.21. The van der Waals surface area contributed by atoms with Crippen LogP contribution in [0.5, 0.6) is 0 Å². The first kappa shape index (κ1) is 14.8. The van der Waals surface area contributed by atoms with Crippen molar-refractivity contribution in [2.45, 2.75) is 25.4 Å². The van der Waals surface area contributed by atoms with Crippen LogP contribution in [0.4, 0.5) is 0 Å². The van der Waals surface area contributed by atoms with Gasteiger partial charge in [-0.25, -0.2) is 4.79 Å². The number of methoxy groups -OCH3 is 1. The van der Waals surface area contributed by atoms with Gasteiger partial charge in [-0.3, -0.25) is 4.90 Å². The third-order valence-corrected chi connectivity index (χ3v) is 3.40. The van der Waals surface area contributed by atoms with Gasteiger partial charge in [-0.15, -0.1) is 0 Å². The van der Waals surface area contributed by atoms with Crippen LogP contribution in [0.15, 0.2) is 30.3 Å². The first-order chi connectivity index (χ1) is 9.69.